The van der Waals surface area contributed by atoms with Crippen LogP contribution in [0.2, 0.25) is 0 Å². The Labute approximate surface area is 120 Å². The zero-order valence-corrected chi connectivity index (χ0v) is 12.3. The number of nitrogen functional groups attached to an aromatic ring is 2. The van der Waals surface area contributed by atoms with E-state index in [1.54, 1.807) is 12.1 Å². The van der Waals surface area contributed by atoms with E-state index in [1.807, 2.05) is 12.1 Å². The van der Waals surface area contributed by atoms with Crippen molar-refractivity contribution in [1.82, 2.24) is 9.97 Å². The van der Waals surface area contributed by atoms with Crippen LogP contribution in [0.4, 0.5) is 11.4 Å². The van der Waals surface area contributed by atoms with E-state index >= 15 is 0 Å². The summed E-state index contributed by atoms with van der Waals surface area (Å²) in [6.07, 6.45) is 0. The van der Waals surface area contributed by atoms with Crippen LogP contribution in [0, 0.1) is 0 Å². The van der Waals surface area contributed by atoms with Crippen LogP contribution in [0.3, 0.4) is 0 Å². The summed E-state index contributed by atoms with van der Waals surface area (Å²) < 4.78 is 1.87. The van der Waals surface area contributed by atoms with E-state index in [0.29, 0.717) is 11.4 Å². The van der Waals surface area contributed by atoms with Crippen molar-refractivity contribution in [3.05, 3.63) is 33.2 Å². The van der Waals surface area contributed by atoms with Crippen molar-refractivity contribution in [2.75, 3.05) is 11.5 Å². The Morgan fingerprint density at radius 3 is 1.39 bits per heavy atom. The molecule has 0 bridgehead atoms. The monoisotopic (exact) mass is 366 g/mol. The summed E-state index contributed by atoms with van der Waals surface area (Å²) in [6.45, 7) is 0. The maximum Gasteiger partial charge on any atom is 0.0916 e. The number of nitrogens with two attached hydrogens (primary N) is 2. The van der Waals surface area contributed by atoms with Gasteiger partial charge in [0.15, 0.2) is 0 Å². The summed E-state index contributed by atoms with van der Waals surface area (Å²) in [5, 5.41) is 0. The molecule has 0 radical (unpaired) electrons. The molecule has 1 heterocycles. The van der Waals surface area contributed by atoms with Gasteiger partial charge in [-0.2, -0.15) is 0 Å². The molecule has 0 aliphatic rings. The average molecular weight is 368 g/mol. The lowest BCUT2D eigenvalue weighted by Crippen LogP contribution is -1.96. The Morgan fingerprint density at radius 2 is 1.00 bits per heavy atom. The Bertz CT molecular complexity index is 657. The molecule has 0 aliphatic heterocycles. The van der Waals surface area contributed by atoms with Gasteiger partial charge in [-0.1, -0.05) is 0 Å². The zero-order valence-electron chi connectivity index (χ0n) is 9.11. The lowest BCUT2D eigenvalue weighted by molar-refractivity contribution is 1.38. The molecule has 3 rings (SSSR count). The van der Waals surface area contributed by atoms with Crippen molar-refractivity contribution >= 4 is 65.3 Å². The summed E-state index contributed by atoms with van der Waals surface area (Å²) >= 11 is 6.89. The molecule has 18 heavy (non-hydrogen) atoms. The summed E-state index contributed by atoms with van der Waals surface area (Å²) in [7, 11) is 0. The first-order valence-corrected chi connectivity index (χ1v) is 6.75. The Hall–Kier alpha value is -1.40. The van der Waals surface area contributed by atoms with Gasteiger partial charge >= 0.3 is 0 Å². The number of benzene rings is 2. The van der Waals surface area contributed by atoms with E-state index in [2.05, 4.69) is 41.8 Å². The van der Waals surface area contributed by atoms with Crippen LogP contribution in [0.25, 0.3) is 22.1 Å². The second-order valence-corrected chi connectivity index (χ2v) is 5.66. The molecule has 1 aromatic heterocycles. The van der Waals surface area contributed by atoms with Gasteiger partial charge in [-0.15, -0.1) is 0 Å². The zero-order chi connectivity index (χ0) is 12.9. The van der Waals surface area contributed by atoms with E-state index in [-0.39, 0.29) is 0 Å². The van der Waals surface area contributed by atoms with Gasteiger partial charge in [0.25, 0.3) is 0 Å². The predicted octanol–water partition coefficient (Wildman–Crippen LogP) is 3.47. The lowest BCUT2D eigenvalue weighted by atomic mass is 10.2. The predicted molar refractivity (Wildman–Crippen MR) is 81.3 cm³/mol. The molecule has 0 atom stereocenters. The third kappa shape index (κ3) is 1.81. The standard InChI is InChI=1S/C12H8Br2N4/c13-5-1-9-10(2-6(5)14)18-12-4-8(16)7(15)3-11(12)17-9/h1-4H,15-16H2. The number of nitrogens with zero attached hydrogens (tertiary/aromatic N) is 2. The fourth-order valence-corrected chi connectivity index (χ4v) is 2.42. The van der Waals surface area contributed by atoms with Crippen LogP contribution in [-0.2, 0) is 0 Å². The van der Waals surface area contributed by atoms with Crippen LogP contribution in [0.5, 0.6) is 0 Å². The third-order valence-electron chi connectivity index (χ3n) is 2.68. The maximum atomic E-state index is 5.77. The van der Waals surface area contributed by atoms with Crippen LogP contribution in [0.1, 0.15) is 0 Å². The SMILES string of the molecule is Nc1cc2nc3cc(Br)c(Br)cc3nc2cc1N. The van der Waals surface area contributed by atoms with E-state index in [4.69, 9.17) is 11.5 Å². The van der Waals surface area contributed by atoms with Gasteiger partial charge in [0.05, 0.1) is 33.4 Å². The Morgan fingerprint density at radius 1 is 0.667 bits per heavy atom. The van der Waals surface area contributed by atoms with Crippen LogP contribution < -0.4 is 11.5 Å². The molecule has 0 spiro atoms. The molecule has 4 nitrogen and oxygen atoms in total. The van der Waals surface area contributed by atoms with E-state index in [0.717, 1.165) is 31.0 Å². The van der Waals surface area contributed by atoms with Crippen molar-refractivity contribution in [2.45, 2.75) is 0 Å². The molecule has 2 aromatic carbocycles. The minimum Gasteiger partial charge on any atom is -0.397 e. The summed E-state index contributed by atoms with van der Waals surface area (Å²) in [4.78, 5) is 9.07. The van der Waals surface area contributed by atoms with Crippen molar-refractivity contribution in [3.63, 3.8) is 0 Å². The Kier molecular flexibility index (Phi) is 2.64. The van der Waals surface area contributed by atoms with Gasteiger partial charge in [0, 0.05) is 8.95 Å². The molecule has 0 amide bonds. The summed E-state index contributed by atoms with van der Waals surface area (Å²) in [5.74, 6) is 0. The molecule has 3 aromatic rings. The number of anilines is 2. The average Bonchev–Trinajstić information content (AvgIpc) is 2.31. The summed E-state index contributed by atoms with van der Waals surface area (Å²) in [6, 6.07) is 7.32. The largest absolute Gasteiger partial charge is 0.397 e. The highest BCUT2D eigenvalue weighted by molar-refractivity contribution is 9.13. The molecule has 4 N–H and O–H groups in total. The molecular weight excluding hydrogens is 360 g/mol. The fraction of sp³-hybridized carbons (Fsp3) is 0. The molecule has 6 heteroatoms. The van der Waals surface area contributed by atoms with E-state index in [1.165, 1.54) is 0 Å². The van der Waals surface area contributed by atoms with Crippen molar-refractivity contribution in [3.8, 4) is 0 Å². The number of fused-ring (bicyclic) bond motifs is 2. The molecule has 0 aliphatic carbocycles. The minimum atomic E-state index is 0.521. The van der Waals surface area contributed by atoms with Crippen molar-refractivity contribution < 1.29 is 0 Å². The van der Waals surface area contributed by atoms with Gasteiger partial charge < -0.3 is 11.5 Å². The highest BCUT2D eigenvalue weighted by atomic mass is 79.9. The third-order valence-corrected chi connectivity index (χ3v) is 4.52. The van der Waals surface area contributed by atoms with Crippen LogP contribution in [0.15, 0.2) is 33.2 Å². The van der Waals surface area contributed by atoms with Crippen molar-refractivity contribution in [1.29, 1.82) is 0 Å². The molecule has 90 valence electrons. The molecule has 0 saturated carbocycles. The number of hydrogen-bond acceptors (Lipinski definition) is 4. The quantitative estimate of drug-likeness (QED) is 0.471. The van der Waals surface area contributed by atoms with Gasteiger partial charge in [-0.25, -0.2) is 9.97 Å². The minimum absolute atomic E-state index is 0.521. The highest BCUT2D eigenvalue weighted by Crippen LogP contribution is 2.29. The van der Waals surface area contributed by atoms with Gasteiger partial charge in [-0.05, 0) is 56.1 Å². The number of rotatable bonds is 0. The van der Waals surface area contributed by atoms with Gasteiger partial charge in [0.1, 0.15) is 0 Å². The Balaban J connectivity index is 2.43. The van der Waals surface area contributed by atoms with Gasteiger partial charge in [0.2, 0.25) is 0 Å². The van der Waals surface area contributed by atoms with Crippen LogP contribution >= 0.6 is 31.9 Å². The van der Waals surface area contributed by atoms with E-state index < -0.39 is 0 Å². The van der Waals surface area contributed by atoms with E-state index in [9.17, 15) is 0 Å². The smallest absolute Gasteiger partial charge is 0.0916 e. The lowest BCUT2D eigenvalue weighted by Gasteiger charge is -2.05. The number of hydrogen-bond donors (Lipinski definition) is 2. The summed E-state index contributed by atoms with van der Waals surface area (Å²) in [5.41, 5.74) is 15.7. The first-order chi connectivity index (χ1) is 8.54. The second kappa shape index (κ2) is 4.07. The first kappa shape index (κ1) is 11.7. The molecule has 0 unspecified atom stereocenters. The molecular formula is C12H8Br2N4. The van der Waals surface area contributed by atoms with Crippen molar-refractivity contribution in [2.24, 2.45) is 0 Å². The highest BCUT2D eigenvalue weighted by Gasteiger charge is 2.07. The normalized spacial score (nSPS) is 11.2. The number of aromatic nitrogens is 2. The molecule has 0 saturated heterocycles. The van der Waals surface area contributed by atoms with Gasteiger partial charge in [-0.3, -0.25) is 0 Å². The topological polar surface area (TPSA) is 77.8 Å². The molecule has 0 fully saturated rings. The number of halogens is 2. The maximum absolute atomic E-state index is 5.77. The van der Waals surface area contributed by atoms with Crippen LogP contribution in [-0.4, -0.2) is 9.97 Å². The first-order valence-electron chi connectivity index (χ1n) is 5.16. The fourth-order valence-electron chi connectivity index (χ4n) is 1.75. The second-order valence-electron chi connectivity index (χ2n) is 3.95.